The van der Waals surface area contributed by atoms with Crippen molar-refractivity contribution in [3.63, 3.8) is 0 Å². The van der Waals surface area contributed by atoms with E-state index in [0.29, 0.717) is 55.4 Å². The van der Waals surface area contributed by atoms with Crippen LogP contribution in [0.4, 0.5) is 0 Å². The summed E-state index contributed by atoms with van der Waals surface area (Å²) >= 11 is 3.40. The summed E-state index contributed by atoms with van der Waals surface area (Å²) in [7, 11) is 1.57. The van der Waals surface area contributed by atoms with Gasteiger partial charge in [0, 0.05) is 36.2 Å². The third-order valence-electron chi connectivity index (χ3n) is 7.14. The summed E-state index contributed by atoms with van der Waals surface area (Å²) in [5.74, 6) is -0.369. The number of hydrogen-bond donors (Lipinski definition) is 1. The summed E-state index contributed by atoms with van der Waals surface area (Å²) in [4.78, 5) is 30.6. The Hall–Kier alpha value is -2.88. The van der Waals surface area contributed by atoms with E-state index in [1.54, 1.807) is 42.3 Å². The zero-order valence-corrected chi connectivity index (χ0v) is 24.2. The fourth-order valence-corrected chi connectivity index (χ4v) is 5.28. The Morgan fingerprint density at radius 3 is 2.46 bits per heavy atom. The topological polar surface area (TPSA) is 88.5 Å². The first-order chi connectivity index (χ1) is 18.9. The van der Waals surface area contributed by atoms with Gasteiger partial charge in [0.25, 0.3) is 11.7 Å². The van der Waals surface area contributed by atoms with Gasteiger partial charge in [-0.1, -0.05) is 53.9 Å². The zero-order chi connectivity index (χ0) is 27.8. The Morgan fingerprint density at radius 2 is 1.77 bits per heavy atom. The molecule has 1 amide bonds. The number of likely N-dealkylation sites (tertiary alicyclic amines) is 1. The van der Waals surface area contributed by atoms with E-state index in [-0.39, 0.29) is 11.3 Å². The van der Waals surface area contributed by atoms with Crippen LogP contribution < -0.4 is 9.47 Å². The highest BCUT2D eigenvalue weighted by molar-refractivity contribution is 9.10. The van der Waals surface area contributed by atoms with Crippen molar-refractivity contribution in [1.29, 1.82) is 0 Å². The molecule has 0 aromatic heterocycles. The third kappa shape index (κ3) is 7.01. The molecule has 2 fully saturated rings. The lowest BCUT2D eigenvalue weighted by molar-refractivity contribution is -0.140. The van der Waals surface area contributed by atoms with Gasteiger partial charge < -0.3 is 24.2 Å². The third-order valence-corrected chi connectivity index (χ3v) is 7.67. The van der Waals surface area contributed by atoms with Gasteiger partial charge in [0.05, 0.1) is 38.5 Å². The van der Waals surface area contributed by atoms with Gasteiger partial charge in [0.1, 0.15) is 5.76 Å². The summed E-state index contributed by atoms with van der Waals surface area (Å²) in [6.45, 7) is 6.98. The lowest BCUT2D eigenvalue weighted by Gasteiger charge is -2.29. The summed E-state index contributed by atoms with van der Waals surface area (Å²) < 4.78 is 17.9. The molecule has 1 atom stereocenters. The Kier molecular flexibility index (Phi) is 10.4. The fraction of sp³-hybridized carbons (Fsp3) is 0.467. The molecule has 0 aliphatic carbocycles. The molecule has 1 N–H and O–H groups in total. The van der Waals surface area contributed by atoms with E-state index >= 15 is 0 Å². The van der Waals surface area contributed by atoms with Crippen molar-refractivity contribution >= 4 is 33.4 Å². The number of halogens is 1. The molecule has 0 spiro atoms. The van der Waals surface area contributed by atoms with Crippen molar-refractivity contribution in [2.75, 3.05) is 53.1 Å². The van der Waals surface area contributed by atoms with Crippen LogP contribution in [0.15, 0.2) is 52.5 Å². The summed E-state index contributed by atoms with van der Waals surface area (Å²) in [5, 5.41) is 11.3. The average molecular weight is 602 g/mol. The van der Waals surface area contributed by atoms with E-state index in [0.717, 1.165) is 43.4 Å². The first-order valence-corrected chi connectivity index (χ1v) is 14.4. The quantitative estimate of drug-likeness (QED) is 0.156. The smallest absolute Gasteiger partial charge is 0.295 e. The second-order valence-electron chi connectivity index (χ2n) is 9.77. The van der Waals surface area contributed by atoms with Crippen LogP contribution in [0.3, 0.4) is 0 Å². The summed E-state index contributed by atoms with van der Waals surface area (Å²) in [6, 6.07) is 11.7. The Bertz CT molecular complexity index is 1180. The number of ether oxygens (including phenoxy) is 3. The fourth-order valence-electron chi connectivity index (χ4n) is 5.02. The molecule has 2 aliphatic heterocycles. The molecule has 2 saturated heterocycles. The van der Waals surface area contributed by atoms with Crippen LogP contribution >= 0.6 is 15.9 Å². The van der Waals surface area contributed by atoms with Gasteiger partial charge in [-0.05, 0) is 42.7 Å². The molecule has 0 radical (unpaired) electrons. The Balaban J connectivity index is 1.67. The van der Waals surface area contributed by atoms with Crippen LogP contribution in [0.25, 0.3) is 5.76 Å². The van der Waals surface area contributed by atoms with Gasteiger partial charge in [0.2, 0.25) is 0 Å². The highest BCUT2D eigenvalue weighted by Crippen LogP contribution is 2.42. The van der Waals surface area contributed by atoms with Gasteiger partial charge >= 0.3 is 0 Å². The minimum Gasteiger partial charge on any atom is -0.507 e. The van der Waals surface area contributed by atoms with Crippen molar-refractivity contribution in [3.8, 4) is 11.5 Å². The summed E-state index contributed by atoms with van der Waals surface area (Å²) in [6.07, 6.45) is 3.81. The van der Waals surface area contributed by atoms with Gasteiger partial charge in [-0.2, -0.15) is 0 Å². The number of Topliss-reactive ketones (excluding diaryl/α,β-unsaturated/α-hetero) is 1. The zero-order valence-electron chi connectivity index (χ0n) is 22.7. The molecule has 1 unspecified atom stereocenters. The molecular formula is C30H37BrN2O6. The van der Waals surface area contributed by atoms with Crippen LogP contribution in [0.1, 0.15) is 49.8 Å². The minimum absolute atomic E-state index is 0.0763. The van der Waals surface area contributed by atoms with Crippen LogP contribution in [-0.2, 0) is 14.3 Å². The van der Waals surface area contributed by atoms with Crippen LogP contribution in [0.2, 0.25) is 0 Å². The number of amides is 1. The minimum atomic E-state index is -0.749. The molecular weight excluding hydrogens is 564 g/mol. The maximum atomic E-state index is 13.4. The van der Waals surface area contributed by atoms with E-state index in [1.165, 1.54) is 0 Å². The molecule has 8 nitrogen and oxygen atoms in total. The van der Waals surface area contributed by atoms with E-state index in [9.17, 15) is 14.7 Å². The number of aliphatic hydroxyl groups is 1. The number of nitrogens with zero attached hydrogens (tertiary/aromatic N) is 2. The molecule has 2 aromatic rings. The molecule has 2 aliphatic rings. The molecule has 0 saturated carbocycles. The predicted octanol–water partition coefficient (Wildman–Crippen LogP) is 5.17. The number of morpholine rings is 1. The number of carbonyl (C=O) groups is 2. The highest BCUT2D eigenvalue weighted by Gasteiger charge is 2.46. The molecule has 2 heterocycles. The predicted molar refractivity (Wildman–Crippen MR) is 153 cm³/mol. The first-order valence-electron chi connectivity index (χ1n) is 13.6. The number of ketones is 1. The van der Waals surface area contributed by atoms with Crippen molar-refractivity contribution < 1.29 is 28.9 Å². The Morgan fingerprint density at radius 1 is 1.03 bits per heavy atom. The van der Waals surface area contributed by atoms with Crippen LogP contribution in [0.5, 0.6) is 11.5 Å². The lowest BCUT2D eigenvalue weighted by Crippen LogP contribution is -2.39. The first kappa shape index (κ1) is 29.1. The van der Waals surface area contributed by atoms with Crippen molar-refractivity contribution in [1.82, 2.24) is 9.80 Å². The SMILES string of the molecule is CCCCCOc1ccc(C2/C(=C(\O)c3ccc(Br)cc3)C(=O)C(=O)N2CCCN2CCOCC2)cc1OC. The van der Waals surface area contributed by atoms with Gasteiger partial charge in [0.15, 0.2) is 11.5 Å². The molecule has 39 heavy (non-hydrogen) atoms. The molecule has 210 valence electrons. The van der Waals surface area contributed by atoms with E-state index < -0.39 is 17.7 Å². The standard InChI is InChI=1S/C30H37BrN2O6/c1-3-4-5-17-39-24-12-9-22(20-25(24)37-2)27-26(28(34)21-7-10-23(31)11-8-21)29(35)30(36)33(27)14-6-13-32-15-18-38-19-16-32/h7-12,20,27,34H,3-6,13-19H2,1-2H3/b28-26+. The lowest BCUT2D eigenvalue weighted by atomic mass is 9.95. The van der Waals surface area contributed by atoms with E-state index in [4.69, 9.17) is 14.2 Å². The molecule has 2 aromatic carbocycles. The maximum absolute atomic E-state index is 13.4. The number of rotatable bonds is 12. The number of aliphatic hydroxyl groups excluding tert-OH is 1. The molecule has 4 rings (SSSR count). The summed E-state index contributed by atoms with van der Waals surface area (Å²) in [5.41, 5.74) is 1.22. The van der Waals surface area contributed by atoms with Gasteiger partial charge in [-0.15, -0.1) is 0 Å². The van der Waals surface area contributed by atoms with Crippen molar-refractivity contribution in [3.05, 3.63) is 63.6 Å². The van der Waals surface area contributed by atoms with E-state index in [2.05, 4.69) is 27.8 Å². The maximum Gasteiger partial charge on any atom is 0.295 e. The largest absolute Gasteiger partial charge is 0.507 e. The monoisotopic (exact) mass is 600 g/mol. The Labute approximate surface area is 238 Å². The number of benzene rings is 2. The van der Waals surface area contributed by atoms with Gasteiger partial charge in [-0.3, -0.25) is 14.5 Å². The second-order valence-corrected chi connectivity index (χ2v) is 10.7. The average Bonchev–Trinajstić information content (AvgIpc) is 3.21. The van der Waals surface area contributed by atoms with Crippen LogP contribution in [0, 0.1) is 0 Å². The number of unbranched alkanes of at least 4 members (excludes halogenated alkanes) is 2. The molecule has 9 heteroatoms. The van der Waals surface area contributed by atoms with Crippen molar-refractivity contribution in [2.45, 2.75) is 38.6 Å². The number of methoxy groups -OCH3 is 1. The normalized spacial score (nSPS) is 19.5. The number of hydrogen-bond acceptors (Lipinski definition) is 7. The van der Waals surface area contributed by atoms with Gasteiger partial charge in [-0.25, -0.2) is 0 Å². The van der Waals surface area contributed by atoms with Crippen LogP contribution in [-0.4, -0.2) is 79.7 Å². The molecule has 0 bridgehead atoms. The highest BCUT2D eigenvalue weighted by atomic mass is 79.9. The number of carbonyl (C=O) groups excluding carboxylic acids is 2. The van der Waals surface area contributed by atoms with E-state index in [1.807, 2.05) is 12.1 Å². The van der Waals surface area contributed by atoms with Crippen molar-refractivity contribution in [2.24, 2.45) is 0 Å². The second kappa shape index (κ2) is 14.0.